The van der Waals surface area contributed by atoms with Crippen LogP contribution in [0.3, 0.4) is 0 Å². The van der Waals surface area contributed by atoms with E-state index in [1.54, 1.807) is 0 Å². The van der Waals surface area contributed by atoms with Crippen LogP contribution in [0.15, 0.2) is 97.2 Å². The van der Waals surface area contributed by atoms with E-state index in [0.29, 0.717) is 23.9 Å². The van der Waals surface area contributed by atoms with Crippen molar-refractivity contribution in [3.05, 3.63) is 97.2 Å². The first-order valence-corrected chi connectivity index (χ1v) is 32.5. The maximum absolute atomic E-state index is 13.5. The Balaban J connectivity index is 5.21. The van der Waals surface area contributed by atoms with Gasteiger partial charge < -0.3 is 28.5 Å². The Bertz CT molecular complexity index is 1620. The molecule has 0 bridgehead atoms. The first-order chi connectivity index (χ1) is 36.9. The second-order valence-corrected chi connectivity index (χ2v) is 23.2. The molecule has 0 saturated heterocycles. The van der Waals surface area contributed by atoms with Gasteiger partial charge in [-0.2, -0.15) is 0 Å². The minimum atomic E-state index is -4.72. The Hall–Kier alpha value is -3.07. The van der Waals surface area contributed by atoms with Crippen molar-refractivity contribution in [2.24, 2.45) is 0 Å². The smallest absolute Gasteiger partial charge is 0.306 e. The summed E-state index contributed by atoms with van der Waals surface area (Å²) in [5, 5.41) is 2.98. The SMILES string of the molecule is CC/C=C\C/C=C\C/C=C\C/C=C\C/C=C\CCCCCCCCCCCC(=O)OC(/C=C\CCCCCCCCCCCC)C(COP(=O)([O-])OCC[N+](C)(C)C)NC(=O)CC/C=C/C/C=C\CCCCCCCC. The number of nitrogens with zero attached hydrogens (tertiary/aromatic N) is 1. The van der Waals surface area contributed by atoms with Crippen molar-refractivity contribution >= 4 is 19.7 Å². The summed E-state index contributed by atoms with van der Waals surface area (Å²) < 4.78 is 30.2. The van der Waals surface area contributed by atoms with Gasteiger partial charge in [-0.3, -0.25) is 14.2 Å². The predicted molar refractivity (Wildman–Crippen MR) is 325 cm³/mol. The van der Waals surface area contributed by atoms with Gasteiger partial charge in [-0.25, -0.2) is 0 Å². The summed E-state index contributed by atoms with van der Waals surface area (Å²) in [5.74, 6) is -0.629. The average molecular weight is 1080 g/mol. The molecule has 0 aliphatic rings. The second kappa shape index (κ2) is 55.3. The van der Waals surface area contributed by atoms with Crippen LogP contribution >= 0.6 is 7.82 Å². The number of phosphoric ester groups is 1. The molecule has 76 heavy (non-hydrogen) atoms. The number of quaternary nitrogens is 1. The van der Waals surface area contributed by atoms with Gasteiger partial charge in [-0.1, -0.05) is 247 Å². The van der Waals surface area contributed by atoms with E-state index in [9.17, 15) is 19.0 Å². The standard InChI is InChI=1S/C66H117N2O7P/c1-7-10-13-16-19-22-25-28-29-30-31-32-33-34-35-36-37-38-39-41-44-47-50-53-56-59-66(70)75-64(57-54-51-48-45-42-27-24-21-18-15-12-9-3)63(62-74-76(71,72)73-61-60-68(4,5)6)67-65(69)58-55-52-49-46-43-40-26-23-20-17-14-11-8-2/h10,13,19,22,28-29,31-32,34-35,40,43,49,52,54,57,63-64H,7-9,11-12,14-18,20-21,23-27,30,33,36-39,41-42,44-48,50-51,53,55-56,58-62H2,1-6H3,(H-,67,69,71,72)/b13-10-,22-19-,29-28-,32-31-,35-34-,43-40-,52-49+,57-54-. The molecule has 0 rings (SSSR count). The topological polar surface area (TPSA) is 114 Å². The quantitative estimate of drug-likeness (QED) is 0.0212. The summed E-state index contributed by atoms with van der Waals surface area (Å²) in [5.41, 5.74) is 0. The van der Waals surface area contributed by atoms with Gasteiger partial charge in [-0.05, 0) is 96.0 Å². The molecule has 0 aliphatic heterocycles. The van der Waals surface area contributed by atoms with Crippen molar-refractivity contribution in [3.8, 4) is 0 Å². The number of nitrogens with one attached hydrogen (secondary N) is 1. The number of phosphoric acid groups is 1. The molecule has 0 aromatic rings. The molecule has 0 aliphatic carbocycles. The van der Waals surface area contributed by atoms with Crippen LogP contribution in [0, 0.1) is 0 Å². The van der Waals surface area contributed by atoms with Crippen molar-refractivity contribution in [2.45, 2.75) is 270 Å². The first-order valence-electron chi connectivity index (χ1n) is 31.0. The summed E-state index contributed by atoms with van der Waals surface area (Å²) in [6.07, 6.45) is 74.0. The van der Waals surface area contributed by atoms with Gasteiger partial charge in [0.15, 0.2) is 0 Å². The lowest BCUT2D eigenvalue weighted by Crippen LogP contribution is -2.47. The fraction of sp³-hybridized carbons (Fsp3) is 0.727. The van der Waals surface area contributed by atoms with Crippen LogP contribution < -0.4 is 10.2 Å². The summed E-state index contributed by atoms with van der Waals surface area (Å²) >= 11 is 0. The molecule has 3 atom stereocenters. The van der Waals surface area contributed by atoms with Crippen molar-refractivity contribution in [1.29, 1.82) is 0 Å². The van der Waals surface area contributed by atoms with Crippen LogP contribution in [0.5, 0.6) is 0 Å². The number of hydrogen-bond donors (Lipinski definition) is 1. The van der Waals surface area contributed by atoms with Crippen molar-refractivity contribution in [3.63, 3.8) is 0 Å². The Morgan fingerprint density at radius 2 is 0.855 bits per heavy atom. The van der Waals surface area contributed by atoms with Gasteiger partial charge in [0.25, 0.3) is 7.82 Å². The largest absolute Gasteiger partial charge is 0.756 e. The Morgan fingerprint density at radius 3 is 1.29 bits per heavy atom. The van der Waals surface area contributed by atoms with Gasteiger partial charge in [-0.15, -0.1) is 0 Å². The Labute approximate surface area is 468 Å². The molecule has 1 N–H and O–H groups in total. The molecule has 0 radical (unpaired) electrons. The lowest BCUT2D eigenvalue weighted by Gasteiger charge is -2.30. The zero-order valence-corrected chi connectivity index (χ0v) is 50.8. The Morgan fingerprint density at radius 1 is 0.474 bits per heavy atom. The molecule has 1 amide bonds. The van der Waals surface area contributed by atoms with E-state index in [4.69, 9.17) is 13.8 Å². The highest BCUT2D eigenvalue weighted by molar-refractivity contribution is 7.45. The van der Waals surface area contributed by atoms with Gasteiger partial charge in [0, 0.05) is 12.8 Å². The van der Waals surface area contributed by atoms with Crippen molar-refractivity contribution in [1.82, 2.24) is 5.32 Å². The van der Waals surface area contributed by atoms with Crippen LogP contribution in [0.1, 0.15) is 258 Å². The van der Waals surface area contributed by atoms with Crippen LogP contribution in [-0.4, -0.2) is 69.4 Å². The number of ether oxygens (including phenoxy) is 1. The number of unbranched alkanes of at least 4 members (excludes halogenated alkanes) is 25. The molecule has 0 saturated carbocycles. The second-order valence-electron chi connectivity index (χ2n) is 21.8. The maximum Gasteiger partial charge on any atom is 0.306 e. The third kappa shape index (κ3) is 55.7. The third-order valence-corrected chi connectivity index (χ3v) is 14.2. The summed E-state index contributed by atoms with van der Waals surface area (Å²) in [4.78, 5) is 39.9. The highest BCUT2D eigenvalue weighted by Crippen LogP contribution is 2.38. The zero-order chi connectivity index (χ0) is 55.7. The van der Waals surface area contributed by atoms with E-state index in [1.165, 1.54) is 122 Å². The summed E-state index contributed by atoms with van der Waals surface area (Å²) in [6.45, 7) is 6.66. The molecule has 3 unspecified atom stereocenters. The van der Waals surface area contributed by atoms with Crippen LogP contribution in [-0.2, 0) is 27.9 Å². The number of amides is 1. The third-order valence-electron chi connectivity index (χ3n) is 13.3. The van der Waals surface area contributed by atoms with Gasteiger partial charge in [0.05, 0.1) is 33.8 Å². The van der Waals surface area contributed by atoms with Gasteiger partial charge in [0.1, 0.15) is 19.3 Å². The minimum Gasteiger partial charge on any atom is -0.756 e. The van der Waals surface area contributed by atoms with Crippen LogP contribution in [0.4, 0.5) is 0 Å². The van der Waals surface area contributed by atoms with E-state index in [-0.39, 0.29) is 31.3 Å². The molecule has 0 fully saturated rings. The number of hydrogen-bond acceptors (Lipinski definition) is 7. The number of rotatable bonds is 55. The zero-order valence-electron chi connectivity index (χ0n) is 49.9. The molecule has 0 aromatic carbocycles. The lowest BCUT2D eigenvalue weighted by molar-refractivity contribution is -0.870. The van der Waals surface area contributed by atoms with Gasteiger partial charge in [0.2, 0.25) is 5.91 Å². The predicted octanol–water partition coefficient (Wildman–Crippen LogP) is 18.5. The lowest BCUT2D eigenvalue weighted by atomic mass is 10.0. The number of allylic oxidation sites excluding steroid dienone is 15. The van der Waals surface area contributed by atoms with Crippen molar-refractivity contribution in [2.75, 3.05) is 40.9 Å². The molecule has 10 heteroatoms. The van der Waals surface area contributed by atoms with E-state index < -0.39 is 26.6 Å². The van der Waals surface area contributed by atoms with E-state index >= 15 is 0 Å². The highest BCUT2D eigenvalue weighted by Gasteiger charge is 2.27. The number of carbonyl (C=O) groups excluding carboxylic acids is 2. The van der Waals surface area contributed by atoms with Crippen molar-refractivity contribution < 1.29 is 37.3 Å². The van der Waals surface area contributed by atoms with Crippen LogP contribution in [0.25, 0.3) is 0 Å². The monoisotopic (exact) mass is 1080 g/mol. The summed E-state index contributed by atoms with van der Waals surface area (Å²) in [7, 11) is 1.14. The molecule has 0 aromatic heterocycles. The van der Waals surface area contributed by atoms with E-state index in [0.717, 1.165) is 89.9 Å². The molecule has 0 heterocycles. The molecule has 0 spiro atoms. The molecular formula is C66H117N2O7P. The van der Waals surface area contributed by atoms with E-state index in [2.05, 4.69) is 105 Å². The molecule has 9 nitrogen and oxygen atoms in total. The summed E-state index contributed by atoms with van der Waals surface area (Å²) in [6, 6.07) is -0.925. The number of esters is 1. The maximum atomic E-state index is 13.5. The molecule has 438 valence electrons. The van der Waals surface area contributed by atoms with Gasteiger partial charge >= 0.3 is 5.97 Å². The van der Waals surface area contributed by atoms with E-state index in [1.807, 2.05) is 39.4 Å². The molecular weight excluding hydrogens is 964 g/mol. The normalized spacial score (nSPS) is 14.4. The number of likely N-dealkylation sites (N-methyl/N-ethyl adjacent to an activating group) is 1. The fourth-order valence-corrected chi connectivity index (χ4v) is 9.20. The number of carbonyl (C=O) groups is 2. The fourth-order valence-electron chi connectivity index (χ4n) is 8.48. The van der Waals surface area contributed by atoms with Crippen LogP contribution in [0.2, 0.25) is 0 Å². The highest BCUT2D eigenvalue weighted by atomic mass is 31.2. The first kappa shape index (κ1) is 72.9. The average Bonchev–Trinajstić information content (AvgIpc) is 3.38. The minimum absolute atomic E-state index is 0.0362. The Kier molecular flexibility index (Phi) is 53.0.